The molecule has 0 atom stereocenters. The molecule has 1 heterocycles. The average molecular weight is 265 g/mol. The normalized spacial score (nSPS) is 10.6. The number of hydrogen-bond donors (Lipinski definition) is 0. The Labute approximate surface area is 109 Å². The summed E-state index contributed by atoms with van der Waals surface area (Å²) in [4.78, 5) is 23.7. The average Bonchev–Trinajstić information content (AvgIpc) is 2.36. The summed E-state index contributed by atoms with van der Waals surface area (Å²) in [6.07, 6.45) is 3.17. The van der Waals surface area contributed by atoms with E-state index in [2.05, 4.69) is 0 Å². The number of benzene rings is 1. The fraction of sp³-hybridized carbons (Fsp3) is 0.231. The van der Waals surface area contributed by atoms with E-state index in [9.17, 15) is 9.59 Å². The Balaban J connectivity index is 2.65. The molecule has 94 valence electrons. The van der Waals surface area contributed by atoms with Crippen LogP contribution in [0.15, 0.2) is 40.2 Å². The summed E-state index contributed by atoms with van der Waals surface area (Å²) in [6.45, 7) is 4.17. The van der Waals surface area contributed by atoms with Crippen molar-refractivity contribution < 1.29 is 0 Å². The van der Waals surface area contributed by atoms with Gasteiger partial charge in [0.15, 0.2) is 0 Å². The van der Waals surface area contributed by atoms with Gasteiger partial charge in [0, 0.05) is 24.0 Å². The molecular formula is C13H13ClN2O2. The largest absolute Gasteiger partial charge is 0.320 e. The summed E-state index contributed by atoms with van der Waals surface area (Å²) in [5.41, 5.74) is 0.419. The predicted octanol–water partition coefficient (Wildman–Crippen LogP) is 1.98. The monoisotopic (exact) mass is 264 g/mol. The molecule has 0 unspecified atom stereocenters. The van der Waals surface area contributed by atoms with Gasteiger partial charge in [-0.3, -0.25) is 14.2 Å². The van der Waals surface area contributed by atoms with Crippen LogP contribution in [0, 0.1) is 6.92 Å². The van der Waals surface area contributed by atoms with Crippen LogP contribution in [0.5, 0.6) is 0 Å². The van der Waals surface area contributed by atoms with E-state index in [4.69, 9.17) is 11.6 Å². The van der Waals surface area contributed by atoms with Crippen molar-refractivity contribution in [2.24, 2.45) is 0 Å². The third-order valence-corrected chi connectivity index (χ3v) is 3.24. The highest BCUT2D eigenvalue weighted by atomic mass is 35.5. The molecule has 0 spiro atoms. The highest BCUT2D eigenvalue weighted by molar-refractivity contribution is 6.31. The molecule has 0 aliphatic rings. The van der Waals surface area contributed by atoms with Crippen LogP contribution in [0.4, 0.5) is 0 Å². The van der Waals surface area contributed by atoms with E-state index in [0.29, 0.717) is 17.3 Å². The first-order chi connectivity index (χ1) is 8.54. The number of aromatic nitrogens is 2. The van der Waals surface area contributed by atoms with E-state index >= 15 is 0 Å². The van der Waals surface area contributed by atoms with Gasteiger partial charge in [-0.1, -0.05) is 17.7 Å². The van der Waals surface area contributed by atoms with Crippen molar-refractivity contribution in [1.82, 2.24) is 9.13 Å². The minimum absolute atomic E-state index is 0.476. The zero-order chi connectivity index (χ0) is 13.3. The van der Waals surface area contributed by atoms with Gasteiger partial charge in [-0.05, 0) is 31.5 Å². The fourth-order valence-corrected chi connectivity index (χ4v) is 1.87. The number of hydrogen-bond acceptors (Lipinski definition) is 2. The summed E-state index contributed by atoms with van der Waals surface area (Å²) < 4.78 is 2.68. The van der Waals surface area contributed by atoms with E-state index in [1.165, 1.54) is 9.13 Å². The Morgan fingerprint density at radius 2 is 1.89 bits per heavy atom. The number of aryl methyl sites for hydroxylation is 2. The van der Waals surface area contributed by atoms with Crippen LogP contribution in [0.2, 0.25) is 5.02 Å². The van der Waals surface area contributed by atoms with Crippen molar-refractivity contribution in [3.63, 3.8) is 0 Å². The topological polar surface area (TPSA) is 44.0 Å². The van der Waals surface area contributed by atoms with Gasteiger partial charge < -0.3 is 4.57 Å². The van der Waals surface area contributed by atoms with Crippen molar-refractivity contribution in [2.45, 2.75) is 20.4 Å². The van der Waals surface area contributed by atoms with Gasteiger partial charge in [-0.15, -0.1) is 0 Å². The van der Waals surface area contributed by atoms with Gasteiger partial charge in [0.25, 0.3) is 0 Å². The van der Waals surface area contributed by atoms with Crippen LogP contribution < -0.4 is 11.1 Å². The first kappa shape index (κ1) is 12.6. The van der Waals surface area contributed by atoms with Crippen LogP contribution in [0.25, 0.3) is 5.69 Å². The maximum Gasteiger partial charge on any atom is 0.320 e. The molecule has 5 heteroatoms. The molecule has 0 radical (unpaired) electrons. The van der Waals surface area contributed by atoms with E-state index < -0.39 is 11.1 Å². The Morgan fingerprint density at radius 3 is 2.50 bits per heavy atom. The van der Waals surface area contributed by atoms with Crippen molar-refractivity contribution >= 4 is 11.6 Å². The Bertz CT molecular complexity index is 701. The summed E-state index contributed by atoms with van der Waals surface area (Å²) in [6, 6.07) is 5.25. The van der Waals surface area contributed by atoms with Gasteiger partial charge in [0.1, 0.15) is 0 Å². The van der Waals surface area contributed by atoms with Crippen molar-refractivity contribution in [3.8, 4) is 5.69 Å². The maximum absolute atomic E-state index is 11.9. The highest BCUT2D eigenvalue weighted by Crippen LogP contribution is 2.18. The second-order valence-corrected chi connectivity index (χ2v) is 4.41. The molecule has 0 amide bonds. The summed E-state index contributed by atoms with van der Waals surface area (Å²) >= 11 is 6.02. The molecular weight excluding hydrogens is 252 g/mol. The van der Waals surface area contributed by atoms with Crippen LogP contribution in [-0.4, -0.2) is 9.13 Å². The molecule has 1 aromatic heterocycles. The van der Waals surface area contributed by atoms with Crippen molar-refractivity contribution in [3.05, 3.63) is 61.9 Å². The third kappa shape index (κ3) is 2.11. The van der Waals surface area contributed by atoms with Gasteiger partial charge in [0.05, 0.1) is 5.69 Å². The number of rotatable bonds is 2. The zero-order valence-corrected chi connectivity index (χ0v) is 10.9. The Kier molecular flexibility index (Phi) is 3.39. The SMILES string of the molecule is CCn1ccn(-c2ccc(C)c(Cl)c2)c(=O)c1=O. The van der Waals surface area contributed by atoms with Crippen LogP contribution in [0.1, 0.15) is 12.5 Å². The number of halogens is 1. The Morgan fingerprint density at radius 1 is 1.17 bits per heavy atom. The van der Waals surface area contributed by atoms with Crippen LogP contribution in [-0.2, 0) is 6.54 Å². The Hall–Kier alpha value is -1.81. The molecule has 2 rings (SSSR count). The summed E-state index contributed by atoms with van der Waals surface area (Å²) in [5, 5.41) is 0.569. The minimum Gasteiger partial charge on any atom is -0.310 e. The zero-order valence-electron chi connectivity index (χ0n) is 10.2. The predicted molar refractivity (Wildman–Crippen MR) is 71.7 cm³/mol. The van der Waals surface area contributed by atoms with Crippen molar-refractivity contribution in [1.29, 1.82) is 0 Å². The van der Waals surface area contributed by atoms with Crippen LogP contribution >= 0.6 is 11.6 Å². The lowest BCUT2D eigenvalue weighted by Crippen LogP contribution is -2.39. The van der Waals surface area contributed by atoms with Crippen molar-refractivity contribution in [2.75, 3.05) is 0 Å². The molecule has 1 aromatic carbocycles. The van der Waals surface area contributed by atoms with Gasteiger partial charge in [0.2, 0.25) is 0 Å². The minimum atomic E-state index is -0.570. The van der Waals surface area contributed by atoms with Gasteiger partial charge >= 0.3 is 11.1 Å². The molecule has 0 saturated carbocycles. The second-order valence-electron chi connectivity index (χ2n) is 4.00. The van der Waals surface area contributed by atoms with E-state index in [1.54, 1.807) is 24.5 Å². The molecule has 0 aliphatic carbocycles. The van der Waals surface area contributed by atoms with E-state index in [-0.39, 0.29) is 0 Å². The van der Waals surface area contributed by atoms with E-state index in [0.717, 1.165) is 5.56 Å². The smallest absolute Gasteiger partial charge is 0.310 e. The molecule has 2 aromatic rings. The molecule has 0 bridgehead atoms. The lowest BCUT2D eigenvalue weighted by Gasteiger charge is -2.08. The number of nitrogens with zero attached hydrogens (tertiary/aromatic N) is 2. The lowest BCUT2D eigenvalue weighted by molar-refractivity contribution is 0.693. The standard InChI is InChI=1S/C13H13ClN2O2/c1-3-15-6-7-16(13(18)12(15)17)10-5-4-9(2)11(14)8-10/h4-8H,3H2,1-2H3. The maximum atomic E-state index is 11.9. The molecule has 0 N–H and O–H groups in total. The first-order valence-corrected chi connectivity index (χ1v) is 6.01. The van der Waals surface area contributed by atoms with Gasteiger partial charge in [-0.2, -0.15) is 0 Å². The lowest BCUT2D eigenvalue weighted by atomic mass is 10.2. The van der Waals surface area contributed by atoms with E-state index in [1.807, 2.05) is 19.9 Å². The summed E-state index contributed by atoms with van der Waals surface area (Å²) in [5.74, 6) is 0. The molecule has 0 saturated heterocycles. The first-order valence-electron chi connectivity index (χ1n) is 5.63. The quantitative estimate of drug-likeness (QED) is 0.779. The fourth-order valence-electron chi connectivity index (χ4n) is 1.69. The summed E-state index contributed by atoms with van der Waals surface area (Å²) in [7, 11) is 0. The van der Waals surface area contributed by atoms with Gasteiger partial charge in [-0.25, -0.2) is 0 Å². The molecule has 0 aliphatic heterocycles. The molecule has 0 fully saturated rings. The highest BCUT2D eigenvalue weighted by Gasteiger charge is 2.06. The molecule has 4 nitrogen and oxygen atoms in total. The third-order valence-electron chi connectivity index (χ3n) is 2.83. The molecule has 18 heavy (non-hydrogen) atoms. The van der Waals surface area contributed by atoms with Crippen LogP contribution in [0.3, 0.4) is 0 Å². The second kappa shape index (κ2) is 4.82.